The van der Waals surface area contributed by atoms with Crippen molar-refractivity contribution in [3.05, 3.63) is 17.5 Å². The minimum absolute atomic E-state index is 0.0365. The van der Waals surface area contributed by atoms with Crippen molar-refractivity contribution in [2.24, 2.45) is 5.92 Å². The highest BCUT2D eigenvalue weighted by atomic mass is 32.2. The lowest BCUT2D eigenvalue weighted by atomic mass is 10.00. The Kier molecular flexibility index (Phi) is 4.74. The molecule has 1 saturated heterocycles. The topological polar surface area (TPSA) is 83.5 Å². The summed E-state index contributed by atoms with van der Waals surface area (Å²) in [5.74, 6) is 0.779. The second-order valence-electron chi connectivity index (χ2n) is 7.66. The quantitative estimate of drug-likeness (QED) is 0.796. The molecule has 0 bridgehead atoms. The lowest BCUT2D eigenvalue weighted by Crippen LogP contribution is -2.36. The monoisotopic (exact) mass is 366 g/mol. The number of sulfone groups is 1. The number of anilines is 1. The summed E-state index contributed by atoms with van der Waals surface area (Å²) in [6.07, 6.45) is 2.91. The van der Waals surface area contributed by atoms with Crippen LogP contribution in [0.5, 0.6) is 0 Å². The number of fused-ring (bicyclic) bond motifs is 3. The van der Waals surface area contributed by atoms with E-state index in [0.717, 1.165) is 12.1 Å². The van der Waals surface area contributed by atoms with Gasteiger partial charge in [0.1, 0.15) is 0 Å². The van der Waals surface area contributed by atoms with Crippen LogP contribution in [-0.2, 0) is 20.4 Å². The molecule has 2 atom stereocenters. The summed E-state index contributed by atoms with van der Waals surface area (Å²) < 4.78 is 25.4. The number of nitrogens with zero attached hydrogens (tertiary/aromatic N) is 4. The first kappa shape index (κ1) is 18.1. The zero-order valence-corrected chi connectivity index (χ0v) is 16.1. The Balaban J connectivity index is 1.89. The van der Waals surface area contributed by atoms with E-state index >= 15 is 0 Å². The van der Waals surface area contributed by atoms with Crippen molar-refractivity contribution in [2.75, 3.05) is 32.1 Å². The number of amides is 1. The molecular formula is C17H26N4O3S. The highest BCUT2D eigenvalue weighted by molar-refractivity contribution is 7.91. The molecule has 1 amide bonds. The van der Waals surface area contributed by atoms with Crippen LogP contribution in [0.2, 0.25) is 0 Å². The van der Waals surface area contributed by atoms with E-state index in [0.29, 0.717) is 30.4 Å². The number of likely N-dealkylation sites (tertiary alicyclic amines) is 1. The van der Waals surface area contributed by atoms with Crippen molar-refractivity contribution in [1.82, 2.24) is 14.9 Å². The maximum absolute atomic E-state index is 12.7. The molecule has 3 rings (SSSR count). The second kappa shape index (κ2) is 6.55. The molecule has 3 heterocycles. The summed E-state index contributed by atoms with van der Waals surface area (Å²) >= 11 is 0. The number of hydrogen-bond acceptors (Lipinski definition) is 6. The molecule has 0 radical (unpaired) electrons. The predicted octanol–water partition coefficient (Wildman–Crippen LogP) is 1.20. The molecule has 0 spiro atoms. The van der Waals surface area contributed by atoms with Gasteiger partial charge in [0.05, 0.1) is 16.7 Å². The standard InChI is InChI=1S/C17H26N4O3S/c1-11(2)5-6-15(22)21-8-13-14(9-21)25(23,24)10-12-7-18-17(20(3)4)19-16(12)13/h7,11,13-14H,5-6,8-10H2,1-4H3/t13-,14+/m0/s1. The van der Waals surface area contributed by atoms with Gasteiger partial charge in [0.25, 0.3) is 0 Å². The molecule has 1 aromatic rings. The maximum Gasteiger partial charge on any atom is 0.225 e. The van der Waals surface area contributed by atoms with E-state index in [1.165, 1.54) is 0 Å². The van der Waals surface area contributed by atoms with Gasteiger partial charge in [-0.2, -0.15) is 0 Å². The van der Waals surface area contributed by atoms with E-state index in [1.807, 2.05) is 14.1 Å². The maximum atomic E-state index is 12.7. The zero-order chi connectivity index (χ0) is 18.4. The Morgan fingerprint density at radius 3 is 2.72 bits per heavy atom. The van der Waals surface area contributed by atoms with Crippen LogP contribution in [0.25, 0.3) is 0 Å². The van der Waals surface area contributed by atoms with Crippen molar-refractivity contribution in [2.45, 2.75) is 43.6 Å². The normalized spacial score (nSPS) is 24.1. The van der Waals surface area contributed by atoms with E-state index in [2.05, 4.69) is 23.8 Å². The average molecular weight is 366 g/mol. The van der Waals surface area contributed by atoms with Crippen molar-refractivity contribution < 1.29 is 13.2 Å². The summed E-state index contributed by atoms with van der Waals surface area (Å²) in [6.45, 7) is 4.87. The van der Waals surface area contributed by atoms with Gasteiger partial charge in [0.2, 0.25) is 11.9 Å². The molecule has 2 aliphatic heterocycles. The molecule has 1 fully saturated rings. The van der Waals surface area contributed by atoms with Crippen molar-refractivity contribution in [3.8, 4) is 0 Å². The van der Waals surface area contributed by atoms with Crippen LogP contribution in [0.4, 0.5) is 5.95 Å². The molecular weight excluding hydrogens is 340 g/mol. The first-order chi connectivity index (χ1) is 11.7. The van der Waals surface area contributed by atoms with Crippen molar-refractivity contribution >= 4 is 21.7 Å². The van der Waals surface area contributed by atoms with Gasteiger partial charge in [0, 0.05) is 51.3 Å². The fourth-order valence-corrected chi connectivity index (χ4v) is 5.55. The van der Waals surface area contributed by atoms with Gasteiger partial charge in [-0.1, -0.05) is 13.8 Å². The minimum Gasteiger partial charge on any atom is -0.347 e. The third-order valence-electron chi connectivity index (χ3n) is 5.01. The van der Waals surface area contributed by atoms with E-state index in [1.54, 1.807) is 16.0 Å². The molecule has 7 nitrogen and oxygen atoms in total. The molecule has 25 heavy (non-hydrogen) atoms. The summed E-state index contributed by atoms with van der Waals surface area (Å²) in [4.78, 5) is 24.8. The zero-order valence-electron chi connectivity index (χ0n) is 15.3. The summed E-state index contributed by atoms with van der Waals surface area (Å²) in [5.41, 5.74) is 1.46. The van der Waals surface area contributed by atoms with E-state index < -0.39 is 15.1 Å². The Labute approximate surface area is 149 Å². The summed E-state index contributed by atoms with van der Waals surface area (Å²) in [6, 6.07) is 0. The third kappa shape index (κ3) is 3.49. The van der Waals surface area contributed by atoms with Gasteiger partial charge in [0.15, 0.2) is 9.84 Å². The number of aromatic nitrogens is 2. The average Bonchev–Trinajstić information content (AvgIpc) is 2.98. The largest absolute Gasteiger partial charge is 0.347 e. The Morgan fingerprint density at radius 1 is 1.36 bits per heavy atom. The first-order valence-electron chi connectivity index (χ1n) is 8.71. The van der Waals surface area contributed by atoms with Crippen LogP contribution in [0.1, 0.15) is 43.9 Å². The molecule has 0 aromatic carbocycles. The first-order valence-corrected chi connectivity index (χ1v) is 10.4. The van der Waals surface area contributed by atoms with Crippen LogP contribution in [-0.4, -0.2) is 61.6 Å². The van der Waals surface area contributed by atoms with Gasteiger partial charge in [-0.3, -0.25) is 4.79 Å². The van der Waals surface area contributed by atoms with Crippen LogP contribution in [0.15, 0.2) is 6.20 Å². The highest BCUT2D eigenvalue weighted by Gasteiger charge is 2.48. The van der Waals surface area contributed by atoms with Gasteiger partial charge in [-0.05, 0) is 12.3 Å². The lowest BCUT2D eigenvalue weighted by Gasteiger charge is -2.26. The summed E-state index contributed by atoms with van der Waals surface area (Å²) in [5, 5.41) is -0.548. The molecule has 0 N–H and O–H groups in total. The van der Waals surface area contributed by atoms with E-state index in [-0.39, 0.29) is 24.1 Å². The van der Waals surface area contributed by atoms with Gasteiger partial charge < -0.3 is 9.80 Å². The van der Waals surface area contributed by atoms with Gasteiger partial charge in [-0.25, -0.2) is 18.4 Å². The molecule has 0 aliphatic carbocycles. The number of hydrogen-bond donors (Lipinski definition) is 0. The van der Waals surface area contributed by atoms with Gasteiger partial charge >= 0.3 is 0 Å². The fourth-order valence-electron chi connectivity index (χ4n) is 3.56. The Morgan fingerprint density at radius 2 is 2.08 bits per heavy atom. The number of rotatable bonds is 4. The molecule has 8 heteroatoms. The minimum atomic E-state index is -3.29. The highest BCUT2D eigenvalue weighted by Crippen LogP contribution is 2.39. The SMILES string of the molecule is CC(C)CCC(=O)N1C[C@@H]2c3nc(N(C)C)ncc3CS(=O)(=O)[C@@H]2C1. The smallest absolute Gasteiger partial charge is 0.225 e. The van der Waals surface area contributed by atoms with Crippen LogP contribution in [0.3, 0.4) is 0 Å². The Bertz CT molecular complexity index is 776. The van der Waals surface area contributed by atoms with E-state index in [4.69, 9.17) is 0 Å². The summed E-state index contributed by atoms with van der Waals surface area (Å²) in [7, 11) is 0.421. The van der Waals surface area contributed by atoms with Crippen LogP contribution in [0, 0.1) is 5.92 Å². The second-order valence-corrected chi connectivity index (χ2v) is 9.88. The molecule has 1 aromatic heterocycles. The van der Waals surface area contributed by atoms with Gasteiger partial charge in [-0.15, -0.1) is 0 Å². The molecule has 2 aliphatic rings. The van der Waals surface area contributed by atoms with Crippen molar-refractivity contribution in [1.29, 1.82) is 0 Å². The fraction of sp³-hybridized carbons (Fsp3) is 0.706. The molecule has 0 unspecified atom stereocenters. The number of carbonyl (C=O) groups is 1. The number of carbonyl (C=O) groups excluding carboxylic acids is 1. The molecule has 0 saturated carbocycles. The van der Waals surface area contributed by atoms with E-state index in [9.17, 15) is 13.2 Å². The lowest BCUT2D eigenvalue weighted by molar-refractivity contribution is -0.130. The van der Waals surface area contributed by atoms with Crippen LogP contribution >= 0.6 is 0 Å². The molecule has 138 valence electrons. The van der Waals surface area contributed by atoms with Crippen LogP contribution < -0.4 is 4.90 Å². The Hall–Kier alpha value is -1.70. The predicted molar refractivity (Wildman–Crippen MR) is 96.2 cm³/mol. The van der Waals surface area contributed by atoms with Crippen molar-refractivity contribution in [3.63, 3.8) is 0 Å². The third-order valence-corrected chi connectivity index (χ3v) is 7.12.